The fraction of sp³-hybridized carbons (Fsp3) is 0.588. The van der Waals surface area contributed by atoms with E-state index >= 15 is 0 Å². The highest BCUT2D eigenvalue weighted by Crippen LogP contribution is 2.34. The number of methoxy groups -OCH3 is 2. The van der Waals surface area contributed by atoms with Crippen molar-refractivity contribution in [3.8, 4) is 11.5 Å². The SMILES string of the molecule is CCC1CCC(C(=O)c2ccc(OC)c(OC)c2)CC1. The quantitative estimate of drug-likeness (QED) is 0.759. The lowest BCUT2D eigenvalue weighted by Gasteiger charge is -2.26. The summed E-state index contributed by atoms with van der Waals surface area (Å²) in [6.45, 7) is 2.24. The lowest BCUT2D eigenvalue weighted by molar-refractivity contribution is 0.0870. The highest BCUT2D eigenvalue weighted by Gasteiger charge is 2.26. The van der Waals surface area contributed by atoms with Gasteiger partial charge in [-0.05, 0) is 49.8 Å². The predicted octanol–water partition coefficient (Wildman–Crippen LogP) is 4.10. The molecule has 1 aromatic rings. The molecule has 0 aromatic heterocycles. The van der Waals surface area contributed by atoms with E-state index in [1.54, 1.807) is 20.3 Å². The number of carbonyl (C=O) groups excluding carboxylic acids is 1. The largest absolute Gasteiger partial charge is 0.493 e. The van der Waals surface area contributed by atoms with Gasteiger partial charge in [0.25, 0.3) is 0 Å². The molecule has 1 aliphatic rings. The van der Waals surface area contributed by atoms with E-state index in [1.165, 1.54) is 19.3 Å². The number of benzene rings is 1. The van der Waals surface area contributed by atoms with Crippen LogP contribution in [0.25, 0.3) is 0 Å². The molecule has 1 aliphatic carbocycles. The second-order valence-corrected chi connectivity index (χ2v) is 5.56. The zero-order valence-corrected chi connectivity index (χ0v) is 12.6. The zero-order valence-electron chi connectivity index (χ0n) is 12.6. The molecule has 1 saturated carbocycles. The van der Waals surface area contributed by atoms with Crippen molar-refractivity contribution in [2.45, 2.75) is 39.0 Å². The number of hydrogen-bond acceptors (Lipinski definition) is 3. The number of rotatable bonds is 5. The summed E-state index contributed by atoms with van der Waals surface area (Å²) in [5.74, 6) is 2.53. The highest BCUT2D eigenvalue weighted by molar-refractivity contribution is 5.98. The standard InChI is InChI=1S/C17H24O3/c1-4-12-5-7-13(8-6-12)17(18)14-9-10-15(19-2)16(11-14)20-3/h9-13H,4-8H2,1-3H3. The average molecular weight is 276 g/mol. The Hall–Kier alpha value is -1.51. The van der Waals surface area contributed by atoms with E-state index in [0.717, 1.165) is 24.3 Å². The molecule has 0 saturated heterocycles. The smallest absolute Gasteiger partial charge is 0.166 e. The Kier molecular flexibility index (Phi) is 5.05. The van der Waals surface area contributed by atoms with E-state index in [2.05, 4.69) is 6.92 Å². The van der Waals surface area contributed by atoms with Gasteiger partial charge < -0.3 is 9.47 Å². The summed E-state index contributed by atoms with van der Waals surface area (Å²) >= 11 is 0. The number of ketones is 1. The number of Topliss-reactive ketones (excluding diaryl/α,β-unsaturated/α-hetero) is 1. The van der Waals surface area contributed by atoms with Gasteiger partial charge in [0.15, 0.2) is 17.3 Å². The molecule has 0 N–H and O–H groups in total. The maximum absolute atomic E-state index is 12.6. The first kappa shape index (κ1) is 14.9. The van der Waals surface area contributed by atoms with Crippen LogP contribution in [0.2, 0.25) is 0 Å². The molecule has 0 aliphatic heterocycles. The second kappa shape index (κ2) is 6.78. The highest BCUT2D eigenvalue weighted by atomic mass is 16.5. The Morgan fingerprint density at radius 3 is 2.30 bits per heavy atom. The molecule has 1 aromatic carbocycles. The zero-order chi connectivity index (χ0) is 14.5. The van der Waals surface area contributed by atoms with Crippen LogP contribution in [-0.2, 0) is 0 Å². The summed E-state index contributed by atoms with van der Waals surface area (Å²) in [5.41, 5.74) is 0.739. The first-order valence-electron chi connectivity index (χ1n) is 7.45. The summed E-state index contributed by atoms with van der Waals surface area (Å²) in [4.78, 5) is 12.6. The first-order valence-corrected chi connectivity index (χ1v) is 7.45. The molecule has 20 heavy (non-hydrogen) atoms. The molecule has 0 spiro atoms. The molecule has 1 fully saturated rings. The van der Waals surface area contributed by atoms with Crippen LogP contribution >= 0.6 is 0 Å². The molecule has 3 nitrogen and oxygen atoms in total. The van der Waals surface area contributed by atoms with Crippen LogP contribution in [0.4, 0.5) is 0 Å². The Labute approximate surface area is 121 Å². The van der Waals surface area contributed by atoms with Crippen LogP contribution in [0.15, 0.2) is 18.2 Å². The maximum Gasteiger partial charge on any atom is 0.166 e. The van der Waals surface area contributed by atoms with E-state index in [1.807, 2.05) is 12.1 Å². The van der Waals surface area contributed by atoms with Crippen molar-refractivity contribution in [2.75, 3.05) is 14.2 Å². The van der Waals surface area contributed by atoms with E-state index in [-0.39, 0.29) is 11.7 Å². The van der Waals surface area contributed by atoms with E-state index in [9.17, 15) is 4.79 Å². The molecule has 0 atom stereocenters. The second-order valence-electron chi connectivity index (χ2n) is 5.56. The Balaban J connectivity index is 2.09. The third kappa shape index (κ3) is 3.14. The summed E-state index contributed by atoms with van der Waals surface area (Å²) in [5, 5.41) is 0. The van der Waals surface area contributed by atoms with Gasteiger partial charge in [0, 0.05) is 11.5 Å². The van der Waals surface area contributed by atoms with Gasteiger partial charge in [-0.25, -0.2) is 0 Å². The van der Waals surface area contributed by atoms with Gasteiger partial charge in [0.2, 0.25) is 0 Å². The van der Waals surface area contributed by atoms with Crippen molar-refractivity contribution < 1.29 is 14.3 Å². The van der Waals surface area contributed by atoms with Crippen molar-refractivity contribution in [3.05, 3.63) is 23.8 Å². The lowest BCUT2D eigenvalue weighted by Crippen LogP contribution is -2.21. The molecule has 3 heteroatoms. The summed E-state index contributed by atoms with van der Waals surface area (Å²) < 4.78 is 10.5. The van der Waals surface area contributed by atoms with Crippen molar-refractivity contribution in [2.24, 2.45) is 11.8 Å². The monoisotopic (exact) mass is 276 g/mol. The maximum atomic E-state index is 12.6. The van der Waals surface area contributed by atoms with Crippen molar-refractivity contribution >= 4 is 5.78 Å². The van der Waals surface area contributed by atoms with Gasteiger partial charge in [-0.1, -0.05) is 13.3 Å². The van der Waals surface area contributed by atoms with Crippen molar-refractivity contribution in [1.29, 1.82) is 0 Å². The van der Waals surface area contributed by atoms with E-state index in [0.29, 0.717) is 11.5 Å². The summed E-state index contributed by atoms with van der Waals surface area (Å²) in [6.07, 6.45) is 5.63. The minimum absolute atomic E-state index is 0.177. The minimum atomic E-state index is 0.177. The molecule has 0 amide bonds. The van der Waals surface area contributed by atoms with Crippen LogP contribution in [-0.4, -0.2) is 20.0 Å². The number of carbonyl (C=O) groups is 1. The molecular weight excluding hydrogens is 252 g/mol. The van der Waals surface area contributed by atoms with E-state index in [4.69, 9.17) is 9.47 Å². The third-order valence-corrected chi connectivity index (χ3v) is 4.46. The predicted molar refractivity (Wildman–Crippen MR) is 79.6 cm³/mol. The molecule has 0 heterocycles. The van der Waals surface area contributed by atoms with Crippen LogP contribution in [0, 0.1) is 11.8 Å². The summed E-state index contributed by atoms with van der Waals surface area (Å²) in [6, 6.07) is 5.45. The van der Waals surface area contributed by atoms with Crippen molar-refractivity contribution in [3.63, 3.8) is 0 Å². The van der Waals surface area contributed by atoms with Crippen LogP contribution in [0.1, 0.15) is 49.4 Å². The van der Waals surface area contributed by atoms with Crippen LogP contribution < -0.4 is 9.47 Å². The van der Waals surface area contributed by atoms with Crippen LogP contribution in [0.5, 0.6) is 11.5 Å². The number of ether oxygens (including phenoxy) is 2. The molecule has 0 unspecified atom stereocenters. The van der Waals surface area contributed by atoms with E-state index < -0.39 is 0 Å². The third-order valence-electron chi connectivity index (χ3n) is 4.46. The molecule has 0 bridgehead atoms. The molecule has 0 radical (unpaired) electrons. The Morgan fingerprint density at radius 1 is 1.10 bits per heavy atom. The molecular formula is C17H24O3. The van der Waals surface area contributed by atoms with Crippen LogP contribution in [0.3, 0.4) is 0 Å². The average Bonchev–Trinajstić information content (AvgIpc) is 2.53. The topological polar surface area (TPSA) is 35.5 Å². The van der Waals surface area contributed by atoms with Gasteiger partial charge >= 0.3 is 0 Å². The van der Waals surface area contributed by atoms with Crippen molar-refractivity contribution in [1.82, 2.24) is 0 Å². The number of hydrogen-bond donors (Lipinski definition) is 0. The molecule has 110 valence electrons. The molecule has 2 rings (SSSR count). The fourth-order valence-corrected chi connectivity index (χ4v) is 3.06. The summed E-state index contributed by atoms with van der Waals surface area (Å²) in [7, 11) is 3.20. The normalized spacial score (nSPS) is 22.4. The Bertz CT molecular complexity index is 459. The van der Waals surface area contributed by atoms with Gasteiger partial charge in [-0.3, -0.25) is 4.79 Å². The first-order chi connectivity index (χ1) is 9.69. The van der Waals surface area contributed by atoms with Gasteiger partial charge in [-0.15, -0.1) is 0 Å². The van der Waals surface area contributed by atoms with Gasteiger partial charge in [-0.2, -0.15) is 0 Å². The van der Waals surface area contributed by atoms with Gasteiger partial charge in [0.05, 0.1) is 14.2 Å². The fourth-order valence-electron chi connectivity index (χ4n) is 3.06. The lowest BCUT2D eigenvalue weighted by atomic mass is 9.78. The minimum Gasteiger partial charge on any atom is -0.493 e. The van der Waals surface area contributed by atoms with Gasteiger partial charge in [0.1, 0.15) is 0 Å². The Morgan fingerprint density at radius 2 is 1.75 bits per heavy atom.